The number of nitrogens with one attached hydrogen (secondary N) is 1. The molecular weight excluding hydrogens is 511 g/mol. The van der Waals surface area contributed by atoms with Gasteiger partial charge in [0, 0.05) is 15.6 Å². The van der Waals surface area contributed by atoms with Gasteiger partial charge in [-0.25, -0.2) is 9.18 Å². The van der Waals surface area contributed by atoms with Crippen LogP contribution in [0.25, 0.3) is 16.8 Å². The summed E-state index contributed by atoms with van der Waals surface area (Å²) in [4.78, 5) is 26.7. The first-order chi connectivity index (χ1) is 17.0. The van der Waals surface area contributed by atoms with Crippen LogP contribution in [-0.4, -0.2) is 16.8 Å². The topological polar surface area (TPSA) is 58.6 Å². The molecule has 1 heterocycles. The number of benzene rings is 4. The number of amides is 3. The highest BCUT2D eigenvalue weighted by molar-refractivity contribution is 9.10. The Morgan fingerprint density at radius 2 is 1.66 bits per heavy atom. The smallest absolute Gasteiger partial charge is 0.329 e. The molecule has 35 heavy (non-hydrogen) atoms. The van der Waals surface area contributed by atoms with Crippen LogP contribution in [0.4, 0.5) is 9.18 Å². The third-order valence-corrected chi connectivity index (χ3v) is 6.30. The van der Waals surface area contributed by atoms with Crippen LogP contribution in [0.15, 0.2) is 95.1 Å². The lowest BCUT2D eigenvalue weighted by molar-refractivity contribution is -0.123. The molecule has 4 aromatic carbocycles. The summed E-state index contributed by atoms with van der Waals surface area (Å²) in [6, 6.07) is 24.8. The fourth-order valence-electron chi connectivity index (χ4n) is 3.95. The Morgan fingerprint density at radius 3 is 2.46 bits per heavy atom. The lowest BCUT2D eigenvalue weighted by Gasteiger charge is -2.13. The molecule has 0 unspecified atom stereocenters. The lowest BCUT2D eigenvalue weighted by atomic mass is 10.0. The van der Waals surface area contributed by atoms with Gasteiger partial charge in [0.05, 0.1) is 6.54 Å². The van der Waals surface area contributed by atoms with E-state index in [0.717, 1.165) is 25.7 Å². The summed E-state index contributed by atoms with van der Waals surface area (Å²) < 4.78 is 21.2. The molecule has 0 spiro atoms. The molecule has 174 valence electrons. The van der Waals surface area contributed by atoms with Crippen molar-refractivity contribution in [2.75, 3.05) is 0 Å². The molecule has 0 aliphatic carbocycles. The number of halogens is 2. The molecule has 7 heteroatoms. The van der Waals surface area contributed by atoms with Crippen LogP contribution in [0.5, 0.6) is 5.75 Å². The van der Waals surface area contributed by atoms with E-state index in [4.69, 9.17) is 4.74 Å². The summed E-state index contributed by atoms with van der Waals surface area (Å²) in [6.45, 7) is 0.179. The standard InChI is InChI=1S/C28H20BrFN2O3/c29-21-12-9-18(10-13-21)17-35-26-14-11-19-5-1-3-7-22(19)23(26)15-25-27(33)32(28(34)31-25)16-20-6-2-4-8-24(20)30/h1-15H,16-17H2,(H,31,34)/b25-15+. The largest absolute Gasteiger partial charge is 0.488 e. The summed E-state index contributed by atoms with van der Waals surface area (Å²) in [5.74, 6) is -0.415. The van der Waals surface area contributed by atoms with Crippen LogP contribution in [0.3, 0.4) is 0 Å². The van der Waals surface area contributed by atoms with Gasteiger partial charge >= 0.3 is 6.03 Å². The molecule has 1 saturated heterocycles. The third-order valence-electron chi connectivity index (χ3n) is 5.78. The molecule has 5 nitrogen and oxygen atoms in total. The predicted molar refractivity (Wildman–Crippen MR) is 136 cm³/mol. The maximum Gasteiger partial charge on any atom is 0.329 e. The maximum absolute atomic E-state index is 14.1. The number of imide groups is 1. The first-order valence-electron chi connectivity index (χ1n) is 11.0. The minimum absolute atomic E-state index is 0.108. The summed E-state index contributed by atoms with van der Waals surface area (Å²) in [5, 5.41) is 4.47. The minimum atomic E-state index is -0.595. The van der Waals surface area contributed by atoms with Gasteiger partial charge in [0.2, 0.25) is 0 Å². The zero-order chi connectivity index (χ0) is 24.4. The summed E-state index contributed by atoms with van der Waals surface area (Å²) in [7, 11) is 0. The van der Waals surface area contributed by atoms with Crippen LogP contribution in [0.1, 0.15) is 16.7 Å². The van der Waals surface area contributed by atoms with Gasteiger partial charge in [0.25, 0.3) is 5.91 Å². The van der Waals surface area contributed by atoms with Crippen molar-refractivity contribution in [1.29, 1.82) is 0 Å². The number of hydrogen-bond donors (Lipinski definition) is 1. The summed E-state index contributed by atoms with van der Waals surface area (Å²) in [6.07, 6.45) is 1.63. The maximum atomic E-state index is 14.1. The number of hydrogen-bond acceptors (Lipinski definition) is 3. The van der Waals surface area contributed by atoms with Crippen LogP contribution < -0.4 is 10.1 Å². The van der Waals surface area contributed by atoms with E-state index in [1.807, 2.05) is 60.7 Å². The van der Waals surface area contributed by atoms with Gasteiger partial charge in [-0.15, -0.1) is 0 Å². The zero-order valence-electron chi connectivity index (χ0n) is 18.5. The number of carbonyl (C=O) groups is 2. The molecule has 0 aromatic heterocycles. The minimum Gasteiger partial charge on any atom is -0.488 e. The molecular formula is C28H20BrFN2O3. The first-order valence-corrected chi connectivity index (χ1v) is 11.8. The lowest BCUT2D eigenvalue weighted by Crippen LogP contribution is -2.30. The second kappa shape index (κ2) is 9.72. The van der Waals surface area contributed by atoms with Crippen molar-refractivity contribution in [1.82, 2.24) is 10.2 Å². The fourth-order valence-corrected chi connectivity index (χ4v) is 4.21. The normalized spacial score (nSPS) is 14.6. The van der Waals surface area contributed by atoms with Crippen LogP contribution in [-0.2, 0) is 17.9 Å². The van der Waals surface area contributed by atoms with Gasteiger partial charge in [-0.1, -0.05) is 76.6 Å². The van der Waals surface area contributed by atoms with Crippen LogP contribution in [0.2, 0.25) is 0 Å². The number of fused-ring (bicyclic) bond motifs is 1. The Labute approximate surface area is 210 Å². The average molecular weight is 531 g/mol. The van der Waals surface area contributed by atoms with Crippen LogP contribution >= 0.6 is 15.9 Å². The van der Waals surface area contributed by atoms with Crippen molar-refractivity contribution in [3.63, 3.8) is 0 Å². The second-order valence-corrected chi connectivity index (χ2v) is 9.00. The Kier molecular flexibility index (Phi) is 6.33. The van der Waals surface area contributed by atoms with Crippen molar-refractivity contribution >= 4 is 44.7 Å². The molecule has 1 aliphatic rings. The average Bonchev–Trinajstić information content (AvgIpc) is 3.13. The first kappa shape index (κ1) is 22.8. The third kappa shape index (κ3) is 4.81. The number of nitrogens with zero attached hydrogens (tertiary/aromatic N) is 1. The summed E-state index contributed by atoms with van der Waals surface area (Å²) in [5.41, 5.74) is 2.04. The van der Waals surface area contributed by atoms with Gasteiger partial charge < -0.3 is 10.1 Å². The van der Waals surface area contributed by atoms with E-state index in [1.54, 1.807) is 24.3 Å². The van der Waals surface area contributed by atoms with Crippen molar-refractivity contribution in [3.8, 4) is 5.75 Å². The molecule has 5 rings (SSSR count). The molecule has 0 saturated carbocycles. The van der Waals surface area contributed by atoms with E-state index in [9.17, 15) is 14.0 Å². The Hall–Kier alpha value is -3.97. The Morgan fingerprint density at radius 1 is 0.914 bits per heavy atom. The number of urea groups is 1. The van der Waals surface area contributed by atoms with Crippen molar-refractivity contribution in [2.45, 2.75) is 13.2 Å². The highest BCUT2D eigenvalue weighted by Gasteiger charge is 2.34. The quantitative estimate of drug-likeness (QED) is 0.231. The molecule has 1 fully saturated rings. The summed E-state index contributed by atoms with van der Waals surface area (Å²) >= 11 is 3.43. The molecule has 0 bridgehead atoms. The van der Waals surface area contributed by atoms with Gasteiger partial charge in [0.1, 0.15) is 23.9 Å². The molecule has 3 amide bonds. The van der Waals surface area contributed by atoms with E-state index in [-0.39, 0.29) is 17.8 Å². The van der Waals surface area contributed by atoms with Crippen molar-refractivity contribution < 1.29 is 18.7 Å². The Balaban J connectivity index is 1.48. The van der Waals surface area contributed by atoms with E-state index in [2.05, 4.69) is 21.2 Å². The molecule has 1 N–H and O–H groups in total. The van der Waals surface area contributed by atoms with E-state index in [0.29, 0.717) is 17.9 Å². The van der Waals surface area contributed by atoms with E-state index < -0.39 is 17.8 Å². The fraction of sp³-hybridized carbons (Fsp3) is 0.0714. The van der Waals surface area contributed by atoms with E-state index in [1.165, 1.54) is 6.07 Å². The van der Waals surface area contributed by atoms with Crippen molar-refractivity contribution in [2.24, 2.45) is 0 Å². The molecule has 1 aliphatic heterocycles. The molecule has 0 atom stereocenters. The van der Waals surface area contributed by atoms with Gasteiger partial charge in [-0.05, 0) is 46.7 Å². The SMILES string of the molecule is O=C1N/C(=C/c2c(OCc3ccc(Br)cc3)ccc3ccccc23)C(=O)N1Cc1ccccc1F. The van der Waals surface area contributed by atoms with Gasteiger partial charge in [-0.2, -0.15) is 0 Å². The van der Waals surface area contributed by atoms with Crippen molar-refractivity contribution in [3.05, 3.63) is 118 Å². The monoisotopic (exact) mass is 530 g/mol. The van der Waals surface area contributed by atoms with E-state index >= 15 is 0 Å². The predicted octanol–water partition coefficient (Wildman–Crippen LogP) is 6.41. The Bertz CT molecular complexity index is 1470. The highest BCUT2D eigenvalue weighted by Crippen LogP contribution is 2.32. The highest BCUT2D eigenvalue weighted by atomic mass is 79.9. The molecule has 0 radical (unpaired) electrons. The number of ether oxygens (including phenoxy) is 1. The number of carbonyl (C=O) groups excluding carboxylic acids is 2. The number of rotatable bonds is 6. The zero-order valence-corrected chi connectivity index (χ0v) is 20.1. The second-order valence-electron chi connectivity index (χ2n) is 8.08. The van der Waals surface area contributed by atoms with Gasteiger partial charge in [-0.3, -0.25) is 9.69 Å². The van der Waals surface area contributed by atoms with Crippen LogP contribution in [0, 0.1) is 5.82 Å². The van der Waals surface area contributed by atoms with Gasteiger partial charge in [0.15, 0.2) is 0 Å². The molecule has 4 aromatic rings.